The predicted octanol–water partition coefficient (Wildman–Crippen LogP) is 2.68. The van der Waals surface area contributed by atoms with Gasteiger partial charge in [-0.05, 0) is 13.0 Å². The molecule has 3 unspecified atom stereocenters. The van der Waals surface area contributed by atoms with Crippen LogP contribution in [0.5, 0.6) is 5.75 Å². The maximum atomic E-state index is 12.1. The lowest BCUT2D eigenvalue weighted by molar-refractivity contribution is -0.125. The second-order valence-corrected chi connectivity index (χ2v) is 5.41. The third-order valence-corrected chi connectivity index (χ3v) is 3.84. The third-order valence-electron chi connectivity index (χ3n) is 3.54. The van der Waals surface area contributed by atoms with Crippen molar-refractivity contribution in [1.82, 2.24) is 5.32 Å². The van der Waals surface area contributed by atoms with E-state index in [0.29, 0.717) is 17.4 Å². The zero-order valence-electron chi connectivity index (χ0n) is 11.6. The molecule has 1 aliphatic heterocycles. The van der Waals surface area contributed by atoms with Gasteiger partial charge in [0.05, 0.1) is 17.7 Å². The molecule has 0 saturated carbocycles. The van der Waals surface area contributed by atoms with E-state index in [4.69, 9.17) is 22.1 Å². The second-order valence-electron chi connectivity index (χ2n) is 5.00. The predicted molar refractivity (Wildman–Crippen MR) is 82.5 cm³/mol. The molecule has 0 aromatic heterocycles. The van der Waals surface area contributed by atoms with Gasteiger partial charge >= 0.3 is 0 Å². The summed E-state index contributed by atoms with van der Waals surface area (Å²) in [5, 5.41) is 3.61. The van der Waals surface area contributed by atoms with Crippen LogP contribution in [0.4, 0.5) is 0 Å². The molecule has 0 spiro atoms. The molecule has 0 saturated heterocycles. The summed E-state index contributed by atoms with van der Waals surface area (Å²) in [6.45, 7) is 4.21. The summed E-state index contributed by atoms with van der Waals surface area (Å²) in [6.07, 6.45) is 0.741. The first-order valence-corrected chi connectivity index (χ1v) is 6.85. The van der Waals surface area contributed by atoms with Gasteiger partial charge in [-0.15, -0.1) is 12.4 Å². The van der Waals surface area contributed by atoms with Gasteiger partial charge in [-0.3, -0.25) is 4.79 Å². The summed E-state index contributed by atoms with van der Waals surface area (Å²) in [5.74, 6) is 0.424. The summed E-state index contributed by atoms with van der Waals surface area (Å²) in [5.41, 5.74) is 6.69. The maximum absolute atomic E-state index is 12.1. The van der Waals surface area contributed by atoms with Crippen LogP contribution in [0.25, 0.3) is 0 Å². The van der Waals surface area contributed by atoms with Crippen molar-refractivity contribution in [3.63, 3.8) is 0 Å². The van der Waals surface area contributed by atoms with Gasteiger partial charge in [0.2, 0.25) is 5.91 Å². The van der Waals surface area contributed by atoms with E-state index in [9.17, 15) is 4.79 Å². The Morgan fingerprint density at radius 3 is 2.85 bits per heavy atom. The van der Waals surface area contributed by atoms with Crippen LogP contribution in [0, 0.1) is 5.92 Å². The van der Waals surface area contributed by atoms with E-state index in [0.717, 1.165) is 12.0 Å². The highest BCUT2D eigenvalue weighted by atomic mass is 35.5. The Bertz CT molecular complexity index is 480. The van der Waals surface area contributed by atoms with Gasteiger partial charge in [-0.25, -0.2) is 0 Å². The number of carbonyl (C=O) groups excluding carboxylic acids is 1. The smallest absolute Gasteiger partial charge is 0.224 e. The fourth-order valence-electron chi connectivity index (χ4n) is 2.08. The van der Waals surface area contributed by atoms with Crippen LogP contribution >= 0.6 is 24.0 Å². The highest BCUT2D eigenvalue weighted by Crippen LogP contribution is 2.37. The summed E-state index contributed by atoms with van der Waals surface area (Å²) < 4.78 is 5.57. The lowest BCUT2D eigenvalue weighted by Gasteiger charge is -2.28. The highest BCUT2D eigenvalue weighted by Gasteiger charge is 2.27. The van der Waals surface area contributed by atoms with Crippen molar-refractivity contribution in [2.75, 3.05) is 6.61 Å². The molecule has 2 rings (SSSR count). The molecule has 3 atom stereocenters. The van der Waals surface area contributed by atoms with Crippen molar-refractivity contribution in [3.05, 3.63) is 28.8 Å². The number of rotatable bonds is 3. The van der Waals surface area contributed by atoms with Crippen molar-refractivity contribution in [2.24, 2.45) is 11.7 Å². The minimum Gasteiger partial charge on any atom is -0.492 e. The lowest BCUT2D eigenvalue weighted by atomic mass is 9.98. The third kappa shape index (κ3) is 3.57. The van der Waals surface area contributed by atoms with E-state index < -0.39 is 0 Å². The van der Waals surface area contributed by atoms with Gasteiger partial charge in [0.1, 0.15) is 5.75 Å². The number of hydrogen-bond donors (Lipinski definition) is 2. The monoisotopic (exact) mass is 318 g/mol. The number of benzene rings is 1. The molecule has 0 aliphatic carbocycles. The van der Waals surface area contributed by atoms with Crippen molar-refractivity contribution in [3.8, 4) is 5.75 Å². The maximum Gasteiger partial charge on any atom is 0.224 e. The molecule has 112 valence electrons. The van der Waals surface area contributed by atoms with Crippen molar-refractivity contribution in [2.45, 2.75) is 32.4 Å². The van der Waals surface area contributed by atoms with Gasteiger partial charge < -0.3 is 15.8 Å². The number of fused-ring (bicyclic) bond motifs is 1. The molecule has 1 aliphatic rings. The number of ether oxygens (including phenoxy) is 1. The molecule has 1 amide bonds. The zero-order chi connectivity index (χ0) is 14.0. The van der Waals surface area contributed by atoms with E-state index in [1.807, 2.05) is 26.0 Å². The van der Waals surface area contributed by atoms with Gasteiger partial charge in [0.15, 0.2) is 0 Å². The number of nitrogens with two attached hydrogens (primary N) is 1. The van der Waals surface area contributed by atoms with Crippen molar-refractivity contribution >= 4 is 29.9 Å². The Morgan fingerprint density at radius 1 is 1.50 bits per heavy atom. The van der Waals surface area contributed by atoms with Crippen LogP contribution < -0.4 is 15.8 Å². The first-order chi connectivity index (χ1) is 9.00. The average molecular weight is 319 g/mol. The number of halogens is 2. The fraction of sp³-hybridized carbons (Fsp3) is 0.500. The first-order valence-electron chi connectivity index (χ1n) is 6.48. The fourth-order valence-corrected chi connectivity index (χ4v) is 2.31. The minimum absolute atomic E-state index is 0. The number of carbonyl (C=O) groups is 1. The van der Waals surface area contributed by atoms with E-state index in [1.54, 1.807) is 6.07 Å². The molecule has 1 aromatic carbocycles. The lowest BCUT2D eigenvalue weighted by Crippen LogP contribution is -2.41. The molecule has 1 aromatic rings. The van der Waals surface area contributed by atoms with Crippen LogP contribution in [-0.4, -0.2) is 18.6 Å². The number of hydrogen-bond acceptors (Lipinski definition) is 3. The normalized spacial score (nSPS) is 19.9. The molecule has 4 nitrogen and oxygen atoms in total. The van der Waals surface area contributed by atoms with Crippen molar-refractivity contribution < 1.29 is 9.53 Å². The summed E-state index contributed by atoms with van der Waals surface area (Å²) >= 11 is 6.10. The number of nitrogens with one attached hydrogen (secondary N) is 1. The van der Waals surface area contributed by atoms with Gasteiger partial charge in [-0.2, -0.15) is 0 Å². The van der Waals surface area contributed by atoms with E-state index >= 15 is 0 Å². The van der Waals surface area contributed by atoms with Crippen LogP contribution in [0.3, 0.4) is 0 Å². The molecule has 6 heteroatoms. The van der Waals surface area contributed by atoms with Crippen LogP contribution in [0.2, 0.25) is 5.02 Å². The summed E-state index contributed by atoms with van der Waals surface area (Å²) in [6, 6.07) is 5.36. The van der Waals surface area contributed by atoms with Gasteiger partial charge in [-0.1, -0.05) is 30.7 Å². The van der Waals surface area contributed by atoms with E-state index in [-0.39, 0.29) is 36.3 Å². The van der Waals surface area contributed by atoms with Gasteiger partial charge in [0.25, 0.3) is 0 Å². The molecule has 0 fully saturated rings. The second kappa shape index (κ2) is 7.16. The summed E-state index contributed by atoms with van der Waals surface area (Å²) in [7, 11) is 0. The number of amides is 1. The quantitative estimate of drug-likeness (QED) is 0.900. The van der Waals surface area contributed by atoms with Crippen molar-refractivity contribution in [1.29, 1.82) is 0 Å². The first kappa shape index (κ1) is 17.1. The standard InChI is InChI=1S/C14H19ClN2O2.ClH/c1-8(9(2)16)14(18)17-12-6-7-19-13-10(12)4-3-5-11(13)15;/h3-5,8-9,12H,6-7,16H2,1-2H3,(H,17,18);1H. The van der Waals surface area contributed by atoms with E-state index in [1.165, 1.54) is 0 Å². The molecular formula is C14H20Cl2N2O2. The van der Waals surface area contributed by atoms with E-state index in [2.05, 4.69) is 5.32 Å². The summed E-state index contributed by atoms with van der Waals surface area (Å²) in [4.78, 5) is 12.1. The SMILES string of the molecule is CC(N)C(C)C(=O)NC1CCOc2c(Cl)cccc21.Cl. The van der Waals surface area contributed by atoms with Crippen LogP contribution in [0.15, 0.2) is 18.2 Å². The Balaban J connectivity index is 0.00000200. The Labute approximate surface area is 130 Å². The molecule has 0 bridgehead atoms. The molecule has 0 radical (unpaired) electrons. The van der Waals surface area contributed by atoms with Crippen LogP contribution in [-0.2, 0) is 4.79 Å². The highest BCUT2D eigenvalue weighted by molar-refractivity contribution is 6.32. The largest absolute Gasteiger partial charge is 0.492 e. The molecule has 1 heterocycles. The molecular weight excluding hydrogens is 299 g/mol. The van der Waals surface area contributed by atoms with Crippen LogP contribution in [0.1, 0.15) is 31.9 Å². The number of para-hydroxylation sites is 1. The Kier molecular flexibility index (Phi) is 6.11. The zero-order valence-corrected chi connectivity index (χ0v) is 13.1. The minimum atomic E-state index is -0.217. The topological polar surface area (TPSA) is 64.4 Å². The average Bonchev–Trinajstić information content (AvgIpc) is 2.39. The molecule has 3 N–H and O–H groups in total. The Morgan fingerprint density at radius 2 is 2.20 bits per heavy atom. The Hall–Kier alpha value is -0.970. The molecule has 20 heavy (non-hydrogen) atoms. The van der Waals surface area contributed by atoms with Gasteiger partial charge in [0, 0.05) is 23.9 Å².